The van der Waals surface area contributed by atoms with Crippen molar-refractivity contribution in [3.8, 4) is 11.5 Å². The second-order valence-electron chi connectivity index (χ2n) is 5.29. The molecule has 0 saturated carbocycles. The van der Waals surface area contributed by atoms with Crippen molar-refractivity contribution >= 4 is 5.97 Å². The number of phenols is 1. The van der Waals surface area contributed by atoms with Gasteiger partial charge in [0.25, 0.3) is 0 Å². The van der Waals surface area contributed by atoms with Crippen molar-refractivity contribution in [3.05, 3.63) is 60.7 Å². The van der Waals surface area contributed by atoms with Crippen LogP contribution in [-0.4, -0.2) is 11.1 Å². The fourth-order valence-corrected chi connectivity index (χ4v) is 1.97. The molecule has 3 heteroatoms. The van der Waals surface area contributed by atoms with Gasteiger partial charge in [-0.1, -0.05) is 69.0 Å². The van der Waals surface area contributed by atoms with Crippen molar-refractivity contribution < 1.29 is 14.6 Å². The van der Waals surface area contributed by atoms with Gasteiger partial charge in [0, 0.05) is 6.42 Å². The first-order chi connectivity index (χ1) is 11.2. The first-order valence-corrected chi connectivity index (χ1v) is 8.22. The number of esters is 1. The first-order valence-electron chi connectivity index (χ1n) is 8.22. The number of carbonyl (C=O) groups is 1. The third-order valence-electron chi connectivity index (χ3n) is 3.22. The van der Waals surface area contributed by atoms with E-state index in [1.54, 1.807) is 36.4 Å². The average molecular weight is 314 g/mol. The lowest BCUT2D eigenvalue weighted by Crippen LogP contribution is -2.07. The van der Waals surface area contributed by atoms with Gasteiger partial charge in [-0.05, 0) is 30.7 Å². The van der Waals surface area contributed by atoms with Crippen LogP contribution in [0.25, 0.3) is 0 Å². The fourth-order valence-electron chi connectivity index (χ4n) is 1.97. The minimum Gasteiger partial charge on any atom is -0.508 e. The molecular formula is C20H26O3. The number of phenolic OH excluding ortho intramolecular Hbond substituents is 1. The topological polar surface area (TPSA) is 46.5 Å². The van der Waals surface area contributed by atoms with Crippen LogP contribution >= 0.6 is 0 Å². The monoisotopic (exact) mass is 314 g/mol. The van der Waals surface area contributed by atoms with E-state index in [9.17, 15) is 4.79 Å². The molecule has 0 fully saturated rings. The number of para-hydroxylation sites is 2. The molecule has 0 radical (unpaired) electrons. The van der Waals surface area contributed by atoms with Crippen LogP contribution in [0.2, 0.25) is 0 Å². The number of hydrogen-bond acceptors (Lipinski definition) is 3. The average Bonchev–Trinajstić information content (AvgIpc) is 2.57. The van der Waals surface area contributed by atoms with Gasteiger partial charge in [-0.15, -0.1) is 0 Å². The molecule has 0 atom stereocenters. The molecule has 0 aliphatic rings. The number of hydrogen-bond donors (Lipinski definition) is 1. The predicted octanol–water partition coefficient (Wildman–Crippen LogP) is 5.34. The van der Waals surface area contributed by atoms with Crippen molar-refractivity contribution in [2.75, 3.05) is 0 Å². The van der Waals surface area contributed by atoms with Crippen LogP contribution in [-0.2, 0) is 4.79 Å². The van der Waals surface area contributed by atoms with E-state index in [1.165, 1.54) is 19.3 Å². The molecule has 2 aromatic carbocycles. The van der Waals surface area contributed by atoms with Gasteiger partial charge in [-0.3, -0.25) is 4.79 Å². The van der Waals surface area contributed by atoms with E-state index in [0.29, 0.717) is 17.9 Å². The highest BCUT2D eigenvalue weighted by Crippen LogP contribution is 2.11. The van der Waals surface area contributed by atoms with E-state index in [1.807, 2.05) is 24.3 Å². The zero-order valence-corrected chi connectivity index (χ0v) is 13.8. The minimum atomic E-state index is -0.123. The summed E-state index contributed by atoms with van der Waals surface area (Å²) in [5.74, 6) is 0.839. The molecular weight excluding hydrogens is 288 g/mol. The lowest BCUT2D eigenvalue weighted by Gasteiger charge is -2.03. The standard InChI is InChI=1S/C14H20O2.C6H6O/c1-2-3-4-5-9-12-14(15)16-13-10-7-6-8-11-13;7-6-4-2-1-3-5-6/h6-8,10-11H,2-5,9,12H2,1H3;1-5,7H. The molecule has 0 heterocycles. The lowest BCUT2D eigenvalue weighted by molar-refractivity contribution is -0.134. The fraction of sp³-hybridized carbons (Fsp3) is 0.350. The lowest BCUT2D eigenvalue weighted by atomic mass is 10.1. The number of rotatable bonds is 7. The Morgan fingerprint density at radius 1 is 0.870 bits per heavy atom. The van der Waals surface area contributed by atoms with Crippen molar-refractivity contribution in [2.24, 2.45) is 0 Å². The van der Waals surface area contributed by atoms with E-state index in [2.05, 4.69) is 6.92 Å². The van der Waals surface area contributed by atoms with Gasteiger partial charge in [-0.25, -0.2) is 0 Å². The van der Waals surface area contributed by atoms with Crippen LogP contribution in [0.4, 0.5) is 0 Å². The van der Waals surface area contributed by atoms with Crippen LogP contribution in [0.1, 0.15) is 45.4 Å². The normalized spacial score (nSPS) is 9.61. The van der Waals surface area contributed by atoms with Gasteiger partial charge >= 0.3 is 5.97 Å². The van der Waals surface area contributed by atoms with Gasteiger partial charge < -0.3 is 9.84 Å². The van der Waals surface area contributed by atoms with Crippen molar-refractivity contribution in [1.29, 1.82) is 0 Å². The highest BCUT2D eigenvalue weighted by Gasteiger charge is 2.03. The van der Waals surface area contributed by atoms with E-state index >= 15 is 0 Å². The Balaban J connectivity index is 0.000000313. The van der Waals surface area contributed by atoms with Gasteiger partial charge in [0.2, 0.25) is 0 Å². The SMILES string of the molecule is CCCCCCCC(=O)Oc1ccccc1.Oc1ccccc1. The molecule has 0 aliphatic carbocycles. The number of benzene rings is 2. The van der Waals surface area contributed by atoms with E-state index in [-0.39, 0.29) is 5.97 Å². The molecule has 0 bridgehead atoms. The summed E-state index contributed by atoms with van der Waals surface area (Å²) in [6, 6.07) is 17.9. The van der Waals surface area contributed by atoms with Gasteiger partial charge in [0.15, 0.2) is 0 Å². The van der Waals surface area contributed by atoms with Crippen molar-refractivity contribution in [1.82, 2.24) is 0 Å². The number of unbranched alkanes of at least 4 members (excludes halogenated alkanes) is 4. The van der Waals surface area contributed by atoms with Gasteiger partial charge in [-0.2, -0.15) is 0 Å². The summed E-state index contributed by atoms with van der Waals surface area (Å²) in [4.78, 5) is 11.4. The van der Waals surface area contributed by atoms with Gasteiger partial charge in [0.1, 0.15) is 11.5 Å². The van der Waals surface area contributed by atoms with Crippen LogP contribution < -0.4 is 4.74 Å². The Morgan fingerprint density at radius 3 is 1.96 bits per heavy atom. The molecule has 0 unspecified atom stereocenters. The Hall–Kier alpha value is -2.29. The maximum atomic E-state index is 11.4. The molecule has 3 nitrogen and oxygen atoms in total. The van der Waals surface area contributed by atoms with Crippen molar-refractivity contribution in [3.63, 3.8) is 0 Å². The largest absolute Gasteiger partial charge is 0.508 e. The van der Waals surface area contributed by atoms with Gasteiger partial charge in [0.05, 0.1) is 0 Å². The smallest absolute Gasteiger partial charge is 0.311 e. The molecule has 0 saturated heterocycles. The summed E-state index contributed by atoms with van der Waals surface area (Å²) in [6.45, 7) is 2.18. The number of ether oxygens (including phenoxy) is 1. The molecule has 124 valence electrons. The summed E-state index contributed by atoms with van der Waals surface area (Å²) in [6.07, 6.45) is 6.29. The van der Waals surface area contributed by atoms with E-state index < -0.39 is 0 Å². The molecule has 0 spiro atoms. The van der Waals surface area contributed by atoms with E-state index in [0.717, 1.165) is 12.8 Å². The Labute approximate surface area is 138 Å². The molecule has 23 heavy (non-hydrogen) atoms. The Morgan fingerprint density at radius 2 is 1.43 bits per heavy atom. The minimum absolute atomic E-state index is 0.123. The third-order valence-corrected chi connectivity index (χ3v) is 3.22. The number of aromatic hydroxyl groups is 1. The maximum Gasteiger partial charge on any atom is 0.311 e. The first kappa shape index (κ1) is 18.8. The molecule has 1 N–H and O–H groups in total. The quantitative estimate of drug-likeness (QED) is 0.426. The van der Waals surface area contributed by atoms with Crippen molar-refractivity contribution in [2.45, 2.75) is 45.4 Å². The summed E-state index contributed by atoms with van der Waals surface area (Å²) < 4.78 is 5.18. The summed E-state index contributed by atoms with van der Waals surface area (Å²) >= 11 is 0. The molecule has 0 amide bonds. The Kier molecular flexibility index (Phi) is 10.0. The summed E-state index contributed by atoms with van der Waals surface area (Å²) in [7, 11) is 0. The predicted molar refractivity (Wildman–Crippen MR) is 93.6 cm³/mol. The zero-order valence-electron chi connectivity index (χ0n) is 13.8. The van der Waals surface area contributed by atoms with Crippen LogP contribution in [0, 0.1) is 0 Å². The second-order valence-corrected chi connectivity index (χ2v) is 5.29. The van der Waals surface area contributed by atoms with Crippen LogP contribution in [0.3, 0.4) is 0 Å². The Bertz CT molecular complexity index is 523. The van der Waals surface area contributed by atoms with Crippen LogP contribution in [0.15, 0.2) is 60.7 Å². The zero-order chi connectivity index (χ0) is 16.8. The number of carbonyl (C=O) groups excluding carboxylic acids is 1. The highest BCUT2D eigenvalue weighted by molar-refractivity contribution is 5.72. The third kappa shape index (κ3) is 10.1. The molecule has 0 aliphatic heterocycles. The maximum absolute atomic E-state index is 11.4. The molecule has 2 aromatic rings. The molecule has 0 aromatic heterocycles. The highest BCUT2D eigenvalue weighted by atomic mass is 16.5. The summed E-state index contributed by atoms with van der Waals surface area (Å²) in [5.41, 5.74) is 0. The summed E-state index contributed by atoms with van der Waals surface area (Å²) in [5, 5.41) is 8.63. The molecule has 2 rings (SSSR count). The van der Waals surface area contributed by atoms with Crippen LogP contribution in [0.5, 0.6) is 11.5 Å². The second kappa shape index (κ2) is 12.3. The van der Waals surface area contributed by atoms with E-state index in [4.69, 9.17) is 9.84 Å².